The van der Waals surface area contributed by atoms with Gasteiger partial charge in [-0.05, 0) is 42.2 Å². The molecule has 3 rings (SSSR count). The molecule has 1 N–H and O–H groups in total. The first-order valence-corrected chi connectivity index (χ1v) is 12.9. The van der Waals surface area contributed by atoms with Gasteiger partial charge in [-0.2, -0.15) is 11.8 Å². The Balaban J connectivity index is 1.37. The largest absolute Gasteiger partial charge is 0.355 e. The van der Waals surface area contributed by atoms with Crippen molar-refractivity contribution in [3.05, 3.63) is 71.3 Å². The number of rotatable bonds is 9. The molecular weight excluding hydrogens is 442 g/mol. The fourth-order valence-electron chi connectivity index (χ4n) is 3.47. The van der Waals surface area contributed by atoms with Crippen molar-refractivity contribution >= 4 is 27.7 Å². The molecule has 1 aliphatic heterocycles. The predicted molar refractivity (Wildman–Crippen MR) is 119 cm³/mol. The second-order valence-corrected chi connectivity index (χ2v) is 10.6. The highest BCUT2D eigenvalue weighted by Gasteiger charge is 2.31. The lowest BCUT2D eigenvalue weighted by atomic mass is 9.97. The minimum absolute atomic E-state index is 0.0675. The van der Waals surface area contributed by atoms with Crippen LogP contribution in [0.1, 0.15) is 24.0 Å². The Hall–Kier alpha value is -1.97. The van der Waals surface area contributed by atoms with E-state index < -0.39 is 15.8 Å². The zero-order chi connectivity index (χ0) is 22.3. The van der Waals surface area contributed by atoms with Crippen molar-refractivity contribution in [3.63, 3.8) is 0 Å². The van der Waals surface area contributed by atoms with E-state index in [0.717, 1.165) is 0 Å². The molecule has 0 unspecified atom stereocenters. The molecule has 0 bridgehead atoms. The van der Waals surface area contributed by atoms with E-state index in [1.54, 1.807) is 30.0 Å². The molecule has 2 aromatic carbocycles. The van der Waals surface area contributed by atoms with Gasteiger partial charge in [-0.3, -0.25) is 4.79 Å². The van der Waals surface area contributed by atoms with Crippen LogP contribution in [-0.4, -0.2) is 44.0 Å². The zero-order valence-electron chi connectivity index (χ0n) is 17.1. The molecule has 2 aromatic rings. The van der Waals surface area contributed by atoms with E-state index in [-0.39, 0.29) is 23.4 Å². The number of sulfonamides is 1. The summed E-state index contributed by atoms with van der Waals surface area (Å²) >= 11 is 1.55. The first-order valence-electron chi connectivity index (χ1n) is 10.2. The minimum Gasteiger partial charge on any atom is -0.355 e. The van der Waals surface area contributed by atoms with Crippen molar-refractivity contribution in [1.29, 1.82) is 0 Å². The predicted octanol–water partition coefficient (Wildman–Crippen LogP) is 3.56. The lowest BCUT2D eigenvalue weighted by Gasteiger charge is -2.30. The van der Waals surface area contributed by atoms with Crippen LogP contribution in [0, 0.1) is 17.6 Å². The number of piperidine rings is 1. The smallest absolute Gasteiger partial charge is 0.223 e. The lowest BCUT2D eigenvalue weighted by Crippen LogP contribution is -2.43. The van der Waals surface area contributed by atoms with Gasteiger partial charge in [0.1, 0.15) is 11.6 Å². The van der Waals surface area contributed by atoms with Crippen molar-refractivity contribution in [1.82, 2.24) is 9.62 Å². The van der Waals surface area contributed by atoms with Gasteiger partial charge >= 0.3 is 0 Å². The van der Waals surface area contributed by atoms with E-state index in [1.165, 1.54) is 34.6 Å². The van der Waals surface area contributed by atoms with Crippen molar-refractivity contribution in [3.8, 4) is 0 Å². The van der Waals surface area contributed by atoms with Crippen LogP contribution in [0.2, 0.25) is 0 Å². The normalized spacial score (nSPS) is 15.7. The van der Waals surface area contributed by atoms with Crippen molar-refractivity contribution in [2.45, 2.75) is 24.3 Å². The standard InChI is InChI=1S/C22H26F2N2O3S2/c23-20-7-5-17(6-8-20)16-31(28,29)26-12-9-18(10-13-26)22(27)25-11-14-30-15-19-3-1-2-4-21(19)24/h1-8,18H,9-16H2,(H,25,27). The van der Waals surface area contributed by atoms with E-state index in [9.17, 15) is 22.0 Å². The van der Waals surface area contributed by atoms with Gasteiger partial charge in [0.2, 0.25) is 15.9 Å². The van der Waals surface area contributed by atoms with E-state index >= 15 is 0 Å². The van der Waals surface area contributed by atoms with E-state index in [2.05, 4.69) is 5.32 Å². The number of hydrogen-bond donors (Lipinski definition) is 1. The zero-order valence-corrected chi connectivity index (χ0v) is 18.7. The monoisotopic (exact) mass is 468 g/mol. The van der Waals surface area contributed by atoms with Gasteiger partial charge in [-0.15, -0.1) is 0 Å². The van der Waals surface area contributed by atoms with Crippen LogP contribution in [-0.2, 0) is 26.3 Å². The molecule has 1 heterocycles. The fourth-order valence-corrected chi connectivity index (χ4v) is 5.88. The van der Waals surface area contributed by atoms with Gasteiger partial charge in [-0.25, -0.2) is 21.5 Å². The maximum absolute atomic E-state index is 13.6. The van der Waals surface area contributed by atoms with Gasteiger partial charge in [0.15, 0.2) is 0 Å². The molecule has 0 spiro atoms. The molecule has 168 valence electrons. The van der Waals surface area contributed by atoms with E-state index in [4.69, 9.17) is 0 Å². The number of halogens is 2. The van der Waals surface area contributed by atoms with Crippen LogP contribution in [0.15, 0.2) is 48.5 Å². The van der Waals surface area contributed by atoms with Crippen LogP contribution in [0.5, 0.6) is 0 Å². The van der Waals surface area contributed by atoms with Crippen LogP contribution in [0.4, 0.5) is 8.78 Å². The molecule has 0 saturated carbocycles. The second kappa shape index (κ2) is 11.1. The Kier molecular flexibility index (Phi) is 8.45. The summed E-state index contributed by atoms with van der Waals surface area (Å²) in [4.78, 5) is 12.4. The molecule has 1 saturated heterocycles. The SMILES string of the molecule is O=C(NCCSCc1ccccc1F)C1CCN(S(=O)(=O)Cc2ccc(F)cc2)CC1. The Bertz CT molecular complexity index is 977. The van der Waals surface area contributed by atoms with Gasteiger partial charge in [0.05, 0.1) is 5.75 Å². The van der Waals surface area contributed by atoms with Crippen LogP contribution in [0.25, 0.3) is 0 Å². The summed E-state index contributed by atoms with van der Waals surface area (Å²) in [5.74, 6) is 0.135. The lowest BCUT2D eigenvalue weighted by molar-refractivity contribution is -0.125. The summed E-state index contributed by atoms with van der Waals surface area (Å²) < 4.78 is 53.2. The maximum atomic E-state index is 13.6. The molecule has 0 radical (unpaired) electrons. The first-order chi connectivity index (χ1) is 14.8. The molecule has 0 aliphatic carbocycles. The summed E-state index contributed by atoms with van der Waals surface area (Å²) in [5.41, 5.74) is 1.18. The number of nitrogens with zero attached hydrogens (tertiary/aromatic N) is 1. The summed E-state index contributed by atoms with van der Waals surface area (Å²) in [7, 11) is -3.51. The van der Waals surface area contributed by atoms with Crippen molar-refractivity contribution in [2.24, 2.45) is 5.92 Å². The molecule has 0 atom stereocenters. The molecule has 9 heteroatoms. The Morgan fingerprint density at radius 2 is 1.74 bits per heavy atom. The number of carbonyl (C=O) groups is 1. The Morgan fingerprint density at radius 1 is 1.06 bits per heavy atom. The number of nitrogens with one attached hydrogen (secondary N) is 1. The molecule has 1 aliphatic rings. The van der Waals surface area contributed by atoms with Gasteiger partial charge in [0, 0.05) is 37.1 Å². The van der Waals surface area contributed by atoms with E-state index in [0.29, 0.717) is 55.1 Å². The average molecular weight is 469 g/mol. The molecule has 31 heavy (non-hydrogen) atoms. The third-order valence-corrected chi connectivity index (χ3v) is 8.10. The second-order valence-electron chi connectivity index (χ2n) is 7.49. The van der Waals surface area contributed by atoms with Gasteiger partial charge in [-0.1, -0.05) is 30.3 Å². The number of thioether (sulfide) groups is 1. The Labute approximate surface area is 186 Å². The fraction of sp³-hybridized carbons (Fsp3) is 0.409. The van der Waals surface area contributed by atoms with Crippen LogP contribution < -0.4 is 5.32 Å². The molecule has 5 nitrogen and oxygen atoms in total. The average Bonchev–Trinajstić information content (AvgIpc) is 2.76. The quantitative estimate of drug-likeness (QED) is 0.572. The number of hydrogen-bond acceptors (Lipinski definition) is 4. The molecule has 1 amide bonds. The summed E-state index contributed by atoms with van der Waals surface area (Å²) in [6.07, 6.45) is 0.938. The number of amides is 1. The van der Waals surface area contributed by atoms with Gasteiger partial charge < -0.3 is 5.32 Å². The summed E-state index contributed by atoms with van der Waals surface area (Å²) in [6.45, 7) is 1.08. The summed E-state index contributed by atoms with van der Waals surface area (Å²) in [6, 6.07) is 12.1. The highest BCUT2D eigenvalue weighted by atomic mass is 32.2. The maximum Gasteiger partial charge on any atom is 0.223 e. The van der Waals surface area contributed by atoms with Crippen LogP contribution in [0.3, 0.4) is 0 Å². The number of carbonyl (C=O) groups excluding carboxylic acids is 1. The molecular formula is C22H26F2N2O3S2. The highest BCUT2D eigenvalue weighted by molar-refractivity contribution is 7.98. The third-order valence-electron chi connectivity index (χ3n) is 5.24. The Morgan fingerprint density at radius 3 is 2.42 bits per heavy atom. The third kappa shape index (κ3) is 7.02. The first kappa shape index (κ1) is 23.7. The van der Waals surface area contributed by atoms with Gasteiger partial charge in [0.25, 0.3) is 0 Å². The number of benzene rings is 2. The van der Waals surface area contributed by atoms with Crippen molar-refractivity contribution < 1.29 is 22.0 Å². The van der Waals surface area contributed by atoms with Crippen LogP contribution >= 0.6 is 11.8 Å². The van der Waals surface area contributed by atoms with Crippen molar-refractivity contribution in [2.75, 3.05) is 25.4 Å². The topological polar surface area (TPSA) is 66.5 Å². The molecule has 0 aromatic heterocycles. The van der Waals surface area contributed by atoms with E-state index in [1.807, 2.05) is 0 Å². The minimum atomic E-state index is -3.51. The molecule has 1 fully saturated rings. The summed E-state index contributed by atoms with van der Waals surface area (Å²) in [5, 5.41) is 2.89. The highest BCUT2D eigenvalue weighted by Crippen LogP contribution is 2.22.